The molecule has 4 aliphatic rings. The second kappa shape index (κ2) is 11.6. The van der Waals surface area contributed by atoms with Crippen molar-refractivity contribution in [1.82, 2.24) is 29.2 Å². The molecule has 2 saturated heterocycles. The van der Waals surface area contributed by atoms with Crippen molar-refractivity contribution in [3.63, 3.8) is 0 Å². The third-order valence-corrected chi connectivity index (χ3v) is 11.3. The number of nitrogens with one attached hydrogen (secondary N) is 1. The number of benzene rings is 2. The highest BCUT2D eigenvalue weighted by molar-refractivity contribution is 6.00. The zero-order valence-corrected chi connectivity index (χ0v) is 28.0. The van der Waals surface area contributed by atoms with Gasteiger partial charge in [-0.15, -0.1) is 0 Å². The van der Waals surface area contributed by atoms with E-state index in [0.29, 0.717) is 29.1 Å². The Kier molecular flexibility index (Phi) is 7.46. The quantitative estimate of drug-likeness (QED) is 0.279. The van der Waals surface area contributed by atoms with Crippen LogP contribution in [0.1, 0.15) is 74.2 Å². The zero-order chi connectivity index (χ0) is 32.6. The number of hydrogen-bond acceptors (Lipinski definition) is 5. The summed E-state index contributed by atoms with van der Waals surface area (Å²) in [6.45, 7) is 7.20. The predicted molar refractivity (Wildman–Crippen MR) is 184 cm³/mol. The molecule has 2 aliphatic carbocycles. The monoisotopic (exact) mass is 637 g/mol. The number of likely N-dealkylation sites (tertiary alicyclic amines) is 2. The van der Waals surface area contributed by atoms with Gasteiger partial charge in [-0.05, 0) is 93.9 Å². The molecule has 10 nitrogen and oxygen atoms in total. The number of nitrogens with zero attached hydrogens (tertiary/aromatic N) is 5. The van der Waals surface area contributed by atoms with E-state index in [-0.39, 0.29) is 30.1 Å². The van der Waals surface area contributed by atoms with Gasteiger partial charge in [0.05, 0.1) is 23.8 Å². The Morgan fingerprint density at radius 1 is 1.04 bits per heavy atom. The minimum atomic E-state index is 0.0141. The maximum atomic E-state index is 13.8. The smallest absolute Gasteiger partial charge is 0.317 e. The summed E-state index contributed by atoms with van der Waals surface area (Å²) in [5.74, 6) is 2.97. The third kappa shape index (κ3) is 5.16. The summed E-state index contributed by atoms with van der Waals surface area (Å²) in [5, 5.41) is 4.27. The topological polar surface area (TPSA) is 111 Å². The molecule has 3 N–H and O–H groups in total. The van der Waals surface area contributed by atoms with Gasteiger partial charge in [0.1, 0.15) is 11.3 Å². The molecule has 4 fully saturated rings. The normalized spacial score (nSPS) is 23.1. The molecule has 0 spiro atoms. The number of carbonyl (C=O) groups excluding carboxylic acids is 2. The maximum Gasteiger partial charge on any atom is 0.317 e. The molecule has 8 rings (SSSR count). The summed E-state index contributed by atoms with van der Waals surface area (Å²) in [4.78, 5) is 35.6. The lowest BCUT2D eigenvalue weighted by atomic mass is 9.88. The molecule has 3 atom stereocenters. The molecule has 47 heavy (non-hydrogen) atoms. The molecule has 10 heteroatoms. The number of methoxy groups -OCH3 is 1. The first-order valence-corrected chi connectivity index (χ1v) is 17.5. The summed E-state index contributed by atoms with van der Waals surface area (Å²) in [7, 11) is 3.71. The van der Waals surface area contributed by atoms with Gasteiger partial charge in [-0.25, -0.2) is 9.78 Å². The van der Waals surface area contributed by atoms with E-state index in [0.717, 1.165) is 74.4 Å². The molecule has 2 aliphatic heterocycles. The average molecular weight is 638 g/mol. The fourth-order valence-electron chi connectivity index (χ4n) is 8.62. The SMILES string of the molecule is COc1cc(C(=O)N2C[C@H]3CC[C@@H]2[C@@H]3N)cc2nc(-c3cc4cccc(C5CCN(C(=O)NC(C)C)CC5)c4n3CC3CC3)n(C)c12. The van der Waals surface area contributed by atoms with Crippen LogP contribution < -0.4 is 15.8 Å². The van der Waals surface area contributed by atoms with E-state index in [1.807, 2.05) is 42.8 Å². The number of rotatable bonds is 7. The molecule has 0 radical (unpaired) electrons. The number of carbonyl (C=O) groups is 2. The molecule has 2 bridgehead atoms. The van der Waals surface area contributed by atoms with Gasteiger partial charge in [0.2, 0.25) is 0 Å². The lowest BCUT2D eigenvalue weighted by Gasteiger charge is -2.33. The van der Waals surface area contributed by atoms with Crippen molar-refractivity contribution in [3.05, 3.63) is 47.5 Å². The maximum absolute atomic E-state index is 13.8. The van der Waals surface area contributed by atoms with Crippen LogP contribution in [0.3, 0.4) is 0 Å². The first kappa shape index (κ1) is 30.3. The van der Waals surface area contributed by atoms with E-state index in [9.17, 15) is 9.59 Å². The number of urea groups is 1. The fraction of sp³-hybridized carbons (Fsp3) is 0.541. The van der Waals surface area contributed by atoms with Gasteiger partial charge < -0.3 is 34.7 Å². The van der Waals surface area contributed by atoms with Crippen molar-refractivity contribution in [2.24, 2.45) is 24.6 Å². The van der Waals surface area contributed by atoms with Gasteiger partial charge in [-0.2, -0.15) is 0 Å². The molecule has 4 aromatic rings. The molecule has 2 saturated carbocycles. The summed E-state index contributed by atoms with van der Waals surface area (Å²) in [6, 6.07) is 13.1. The zero-order valence-electron chi connectivity index (χ0n) is 28.0. The third-order valence-electron chi connectivity index (χ3n) is 11.3. The highest BCUT2D eigenvalue weighted by atomic mass is 16.5. The van der Waals surface area contributed by atoms with Gasteiger partial charge in [0, 0.05) is 62.3 Å². The van der Waals surface area contributed by atoms with E-state index < -0.39 is 0 Å². The van der Waals surface area contributed by atoms with Crippen LogP contribution in [0.25, 0.3) is 33.5 Å². The average Bonchev–Trinajstić information content (AvgIpc) is 3.46. The van der Waals surface area contributed by atoms with Crippen molar-refractivity contribution in [2.75, 3.05) is 26.7 Å². The summed E-state index contributed by atoms with van der Waals surface area (Å²) >= 11 is 0. The lowest BCUT2D eigenvalue weighted by molar-refractivity contribution is 0.0700. The van der Waals surface area contributed by atoms with Crippen molar-refractivity contribution in [2.45, 2.75) is 83.0 Å². The van der Waals surface area contributed by atoms with Crippen LogP contribution in [0.5, 0.6) is 5.75 Å². The molecule has 4 heterocycles. The van der Waals surface area contributed by atoms with E-state index in [2.05, 4.69) is 38.7 Å². The number of nitrogens with two attached hydrogens (primary N) is 1. The molecule has 0 unspecified atom stereocenters. The van der Waals surface area contributed by atoms with Crippen LogP contribution >= 0.6 is 0 Å². The fourth-order valence-corrected chi connectivity index (χ4v) is 8.62. The van der Waals surface area contributed by atoms with Crippen LogP contribution in [0.2, 0.25) is 0 Å². The van der Waals surface area contributed by atoms with Crippen molar-refractivity contribution < 1.29 is 14.3 Å². The molecule has 248 valence electrons. The number of imidazole rings is 1. The van der Waals surface area contributed by atoms with Gasteiger partial charge in [-0.1, -0.05) is 18.2 Å². The highest BCUT2D eigenvalue weighted by Crippen LogP contribution is 2.42. The first-order valence-electron chi connectivity index (χ1n) is 17.5. The van der Waals surface area contributed by atoms with Gasteiger partial charge >= 0.3 is 6.03 Å². The summed E-state index contributed by atoms with van der Waals surface area (Å²) < 4.78 is 10.5. The predicted octanol–water partition coefficient (Wildman–Crippen LogP) is 5.47. The Labute approximate surface area is 276 Å². The van der Waals surface area contributed by atoms with Crippen LogP contribution in [0.15, 0.2) is 36.4 Å². The number of hydrogen-bond donors (Lipinski definition) is 2. The molecular weight excluding hydrogens is 590 g/mol. The number of aryl methyl sites for hydroxylation is 1. The number of fused-ring (bicyclic) bond motifs is 4. The Balaban J connectivity index is 1.17. The number of para-hydroxylation sites is 1. The minimum absolute atomic E-state index is 0.0141. The summed E-state index contributed by atoms with van der Waals surface area (Å²) in [6.07, 6.45) is 6.46. The molecule has 3 amide bonds. The highest BCUT2D eigenvalue weighted by Gasteiger charge is 2.47. The second-order valence-electron chi connectivity index (χ2n) is 14.7. The van der Waals surface area contributed by atoms with Crippen molar-refractivity contribution >= 4 is 33.9 Å². The molecule has 2 aromatic heterocycles. The van der Waals surface area contributed by atoms with Gasteiger partial charge in [0.25, 0.3) is 5.91 Å². The summed E-state index contributed by atoms with van der Waals surface area (Å²) in [5.41, 5.74) is 12.4. The largest absolute Gasteiger partial charge is 0.494 e. The van der Waals surface area contributed by atoms with Crippen LogP contribution in [0.4, 0.5) is 4.79 Å². The van der Waals surface area contributed by atoms with E-state index in [1.165, 1.54) is 29.3 Å². The van der Waals surface area contributed by atoms with Gasteiger partial charge in [0.15, 0.2) is 5.82 Å². The lowest BCUT2D eigenvalue weighted by Crippen LogP contribution is -2.46. The Morgan fingerprint density at radius 3 is 2.49 bits per heavy atom. The number of aromatic nitrogens is 3. The van der Waals surface area contributed by atoms with Crippen LogP contribution in [-0.2, 0) is 13.6 Å². The first-order chi connectivity index (χ1) is 22.7. The van der Waals surface area contributed by atoms with E-state index in [4.69, 9.17) is 15.5 Å². The number of amides is 3. The Bertz CT molecular complexity index is 1860. The molecule has 2 aromatic carbocycles. The van der Waals surface area contributed by atoms with Crippen molar-refractivity contribution in [3.8, 4) is 17.3 Å². The Hall–Kier alpha value is -4.05. The van der Waals surface area contributed by atoms with Crippen LogP contribution in [0, 0.1) is 11.8 Å². The number of ether oxygens (including phenoxy) is 1. The van der Waals surface area contributed by atoms with E-state index >= 15 is 0 Å². The van der Waals surface area contributed by atoms with Crippen LogP contribution in [-0.4, -0.2) is 80.7 Å². The van der Waals surface area contributed by atoms with Gasteiger partial charge in [-0.3, -0.25) is 4.79 Å². The number of piperidine rings is 2. The van der Waals surface area contributed by atoms with E-state index in [1.54, 1.807) is 7.11 Å². The Morgan fingerprint density at radius 2 is 1.83 bits per heavy atom. The standard InChI is InChI=1S/C37H47N7O3/c1-21(2)39-37(46)42-14-12-23(13-15-42)27-7-5-6-24-17-30(43(33(24)27)19-22-8-9-22)35-40-28-16-26(18-31(47-4)34(28)41(35)3)36(45)44-20-25-10-11-29(44)32(25)38/h5-7,16-18,21-23,25,29,32H,8-15,19-20,38H2,1-4H3,(H,39,46)/t25-,29-,32-/m1/s1. The minimum Gasteiger partial charge on any atom is -0.494 e. The molecular formula is C37H47N7O3. The second-order valence-corrected chi connectivity index (χ2v) is 14.7. The van der Waals surface area contributed by atoms with Crippen molar-refractivity contribution in [1.29, 1.82) is 0 Å².